The van der Waals surface area contributed by atoms with Crippen LogP contribution in [0.2, 0.25) is 0 Å². The molecule has 3 nitrogen and oxygen atoms in total. The van der Waals surface area contributed by atoms with Gasteiger partial charge in [0.05, 0.1) is 7.11 Å². The van der Waals surface area contributed by atoms with Gasteiger partial charge < -0.3 is 9.84 Å². The van der Waals surface area contributed by atoms with Crippen molar-refractivity contribution in [3.63, 3.8) is 0 Å². The van der Waals surface area contributed by atoms with Crippen LogP contribution in [0.5, 0.6) is 11.5 Å². The van der Waals surface area contributed by atoms with E-state index in [1.165, 1.54) is 0 Å². The molecular formula is C11H15NO2. The summed E-state index contributed by atoms with van der Waals surface area (Å²) < 4.78 is 5.04. The van der Waals surface area contributed by atoms with E-state index in [0.29, 0.717) is 11.3 Å². The van der Waals surface area contributed by atoms with Gasteiger partial charge in [0.15, 0.2) is 0 Å². The lowest BCUT2D eigenvalue weighted by Gasteiger charge is -2.03. The van der Waals surface area contributed by atoms with Crippen LogP contribution in [0, 0.1) is 0 Å². The molecule has 0 unspecified atom stereocenters. The molecule has 1 rings (SSSR count). The molecular weight excluding hydrogens is 178 g/mol. The smallest absolute Gasteiger partial charge is 0.124 e. The number of ether oxygens (including phenoxy) is 1. The first-order chi connectivity index (χ1) is 6.63. The second kappa shape index (κ2) is 4.65. The van der Waals surface area contributed by atoms with Gasteiger partial charge in [-0.3, -0.25) is 4.99 Å². The van der Waals surface area contributed by atoms with Gasteiger partial charge in [-0.2, -0.15) is 0 Å². The molecule has 0 aliphatic carbocycles. The van der Waals surface area contributed by atoms with E-state index in [-0.39, 0.29) is 11.8 Å². The minimum absolute atomic E-state index is 0.218. The number of aromatic hydroxyl groups is 1. The number of phenols is 1. The maximum absolute atomic E-state index is 9.50. The number of hydrogen-bond donors (Lipinski definition) is 1. The van der Waals surface area contributed by atoms with Crippen molar-refractivity contribution in [2.45, 2.75) is 19.9 Å². The second-order valence-corrected chi connectivity index (χ2v) is 3.30. The Hall–Kier alpha value is -1.51. The predicted octanol–water partition coefficient (Wildman–Crippen LogP) is 2.23. The van der Waals surface area contributed by atoms with Crippen molar-refractivity contribution in [2.75, 3.05) is 7.11 Å². The maximum atomic E-state index is 9.50. The Kier molecular flexibility index (Phi) is 3.51. The summed E-state index contributed by atoms with van der Waals surface area (Å²) in [7, 11) is 1.59. The van der Waals surface area contributed by atoms with Crippen molar-refractivity contribution < 1.29 is 9.84 Å². The van der Waals surface area contributed by atoms with E-state index < -0.39 is 0 Å². The molecule has 0 radical (unpaired) electrons. The van der Waals surface area contributed by atoms with Gasteiger partial charge in [0.2, 0.25) is 0 Å². The molecule has 0 aliphatic rings. The van der Waals surface area contributed by atoms with Gasteiger partial charge in [-0.25, -0.2) is 0 Å². The lowest BCUT2D eigenvalue weighted by atomic mass is 10.2. The van der Waals surface area contributed by atoms with E-state index >= 15 is 0 Å². The van der Waals surface area contributed by atoms with Gasteiger partial charge in [0, 0.05) is 17.8 Å². The molecule has 1 aromatic carbocycles. The number of phenolic OH excluding ortho intramolecular Hbond substituents is 1. The van der Waals surface area contributed by atoms with Crippen molar-refractivity contribution in [3.05, 3.63) is 23.8 Å². The Morgan fingerprint density at radius 2 is 2.14 bits per heavy atom. The molecule has 0 amide bonds. The Bertz CT molecular complexity index is 332. The fraction of sp³-hybridized carbons (Fsp3) is 0.364. The summed E-state index contributed by atoms with van der Waals surface area (Å²) in [4.78, 5) is 4.19. The van der Waals surface area contributed by atoms with Crippen molar-refractivity contribution in [3.8, 4) is 11.5 Å². The van der Waals surface area contributed by atoms with Crippen molar-refractivity contribution in [2.24, 2.45) is 4.99 Å². The Morgan fingerprint density at radius 1 is 1.43 bits per heavy atom. The van der Waals surface area contributed by atoms with Crippen LogP contribution in [0.4, 0.5) is 0 Å². The molecule has 0 saturated heterocycles. The summed E-state index contributed by atoms with van der Waals surface area (Å²) in [6.45, 7) is 3.96. The number of aliphatic imine (C=N–C) groups is 1. The van der Waals surface area contributed by atoms with Gasteiger partial charge in [-0.05, 0) is 32.0 Å². The summed E-state index contributed by atoms with van der Waals surface area (Å²) in [6.07, 6.45) is 1.66. The summed E-state index contributed by atoms with van der Waals surface area (Å²) in [5.41, 5.74) is 0.679. The van der Waals surface area contributed by atoms with Crippen LogP contribution >= 0.6 is 0 Å². The highest BCUT2D eigenvalue weighted by Crippen LogP contribution is 2.21. The maximum Gasteiger partial charge on any atom is 0.124 e. The Balaban J connectivity index is 2.94. The van der Waals surface area contributed by atoms with Gasteiger partial charge >= 0.3 is 0 Å². The van der Waals surface area contributed by atoms with E-state index in [1.54, 1.807) is 31.5 Å². The molecule has 0 aliphatic heterocycles. The third-order valence-electron chi connectivity index (χ3n) is 1.75. The lowest BCUT2D eigenvalue weighted by molar-refractivity contribution is 0.412. The highest BCUT2D eigenvalue weighted by Gasteiger charge is 2.00. The SMILES string of the molecule is COc1ccc(O)c(C=NC(C)C)c1. The van der Waals surface area contributed by atoms with Crippen LogP contribution in [0.25, 0.3) is 0 Å². The first-order valence-corrected chi connectivity index (χ1v) is 4.53. The molecule has 14 heavy (non-hydrogen) atoms. The zero-order chi connectivity index (χ0) is 10.6. The van der Waals surface area contributed by atoms with Crippen LogP contribution in [0.3, 0.4) is 0 Å². The summed E-state index contributed by atoms with van der Waals surface area (Å²) >= 11 is 0. The van der Waals surface area contributed by atoms with E-state index in [0.717, 1.165) is 0 Å². The molecule has 0 aromatic heterocycles. The highest BCUT2D eigenvalue weighted by molar-refractivity contribution is 5.84. The number of hydrogen-bond acceptors (Lipinski definition) is 3. The molecule has 0 heterocycles. The van der Waals surface area contributed by atoms with Crippen molar-refractivity contribution >= 4 is 6.21 Å². The first-order valence-electron chi connectivity index (χ1n) is 4.53. The minimum Gasteiger partial charge on any atom is -0.507 e. The summed E-state index contributed by atoms with van der Waals surface area (Å²) in [5.74, 6) is 0.934. The van der Waals surface area contributed by atoms with Crippen LogP contribution < -0.4 is 4.74 Å². The molecule has 0 fully saturated rings. The molecule has 1 aromatic rings. The topological polar surface area (TPSA) is 41.8 Å². The largest absolute Gasteiger partial charge is 0.507 e. The van der Waals surface area contributed by atoms with Crippen molar-refractivity contribution in [1.82, 2.24) is 0 Å². The molecule has 0 bridgehead atoms. The molecule has 0 saturated carbocycles. The zero-order valence-corrected chi connectivity index (χ0v) is 8.69. The quantitative estimate of drug-likeness (QED) is 0.748. The van der Waals surface area contributed by atoms with E-state index in [9.17, 15) is 5.11 Å². The minimum atomic E-state index is 0.218. The third-order valence-corrected chi connectivity index (χ3v) is 1.75. The fourth-order valence-corrected chi connectivity index (χ4v) is 0.992. The summed E-state index contributed by atoms with van der Waals surface area (Å²) in [6, 6.07) is 5.28. The van der Waals surface area contributed by atoms with Gasteiger partial charge in [0.1, 0.15) is 11.5 Å². The fourth-order valence-electron chi connectivity index (χ4n) is 0.992. The molecule has 1 N–H and O–H groups in total. The van der Waals surface area contributed by atoms with Gasteiger partial charge in [-0.15, -0.1) is 0 Å². The Labute approximate surface area is 84.1 Å². The van der Waals surface area contributed by atoms with Gasteiger partial charge in [0.25, 0.3) is 0 Å². The van der Waals surface area contributed by atoms with Crippen LogP contribution in [-0.2, 0) is 0 Å². The normalized spacial score (nSPS) is 11.1. The van der Waals surface area contributed by atoms with E-state index in [2.05, 4.69) is 4.99 Å². The third kappa shape index (κ3) is 2.76. The summed E-state index contributed by atoms with van der Waals surface area (Å²) in [5, 5.41) is 9.50. The average molecular weight is 193 g/mol. The monoisotopic (exact) mass is 193 g/mol. The van der Waals surface area contributed by atoms with Crippen molar-refractivity contribution in [1.29, 1.82) is 0 Å². The lowest BCUT2D eigenvalue weighted by Crippen LogP contribution is -1.92. The van der Waals surface area contributed by atoms with Gasteiger partial charge in [-0.1, -0.05) is 0 Å². The second-order valence-electron chi connectivity index (χ2n) is 3.30. The van der Waals surface area contributed by atoms with Crippen LogP contribution in [0.15, 0.2) is 23.2 Å². The number of nitrogens with zero attached hydrogens (tertiary/aromatic N) is 1. The molecule has 0 spiro atoms. The highest BCUT2D eigenvalue weighted by atomic mass is 16.5. The van der Waals surface area contributed by atoms with Crippen LogP contribution in [0.1, 0.15) is 19.4 Å². The Morgan fingerprint density at radius 3 is 2.71 bits per heavy atom. The number of benzene rings is 1. The average Bonchev–Trinajstić information content (AvgIpc) is 2.16. The number of rotatable bonds is 3. The molecule has 0 atom stereocenters. The molecule has 76 valence electrons. The standard InChI is InChI=1S/C11H15NO2/c1-8(2)12-7-9-6-10(14-3)4-5-11(9)13/h4-8,13H,1-3H3. The zero-order valence-electron chi connectivity index (χ0n) is 8.69. The number of methoxy groups -OCH3 is 1. The molecule has 3 heteroatoms. The van der Waals surface area contributed by atoms with E-state index in [1.807, 2.05) is 13.8 Å². The van der Waals surface area contributed by atoms with Crippen LogP contribution in [-0.4, -0.2) is 24.5 Å². The first kappa shape index (κ1) is 10.6. The predicted molar refractivity (Wildman–Crippen MR) is 57.4 cm³/mol. The van der Waals surface area contributed by atoms with E-state index in [4.69, 9.17) is 4.74 Å².